The average molecular weight is 225 g/mol. The molecular formula is C11H13F2N3. The molecule has 3 nitrogen and oxygen atoms in total. The van der Waals surface area contributed by atoms with Crippen molar-refractivity contribution >= 4 is 5.65 Å². The highest BCUT2D eigenvalue weighted by atomic mass is 19.3. The highest BCUT2D eigenvalue weighted by molar-refractivity contribution is 5.44. The molecule has 86 valence electrons. The van der Waals surface area contributed by atoms with E-state index in [9.17, 15) is 8.78 Å². The Labute approximate surface area is 92.1 Å². The maximum atomic E-state index is 12.4. The van der Waals surface area contributed by atoms with Crippen molar-refractivity contribution in [2.75, 3.05) is 0 Å². The molecule has 2 aromatic rings. The summed E-state index contributed by atoms with van der Waals surface area (Å²) in [5, 5.41) is 3.75. The van der Waals surface area contributed by atoms with Gasteiger partial charge in [-0.1, -0.05) is 13.8 Å². The molecule has 0 spiro atoms. The second kappa shape index (κ2) is 3.81. The van der Waals surface area contributed by atoms with E-state index in [0.29, 0.717) is 11.6 Å². The summed E-state index contributed by atoms with van der Waals surface area (Å²) in [5.74, 6) is -0.0797. The normalized spacial score (nSPS) is 11.9. The topological polar surface area (TPSA) is 30.2 Å². The highest BCUT2D eigenvalue weighted by Gasteiger charge is 2.15. The number of pyridine rings is 1. The predicted octanol–water partition coefficient (Wildman–Crippen LogP) is 3.10. The maximum Gasteiger partial charge on any atom is 0.299 e. The summed E-state index contributed by atoms with van der Waals surface area (Å²) < 4.78 is 26.3. The number of halogens is 2. The third-order valence-corrected chi connectivity index (χ3v) is 2.55. The van der Waals surface area contributed by atoms with Crippen molar-refractivity contribution < 1.29 is 8.78 Å². The van der Waals surface area contributed by atoms with E-state index in [1.165, 1.54) is 4.52 Å². The van der Waals surface area contributed by atoms with Gasteiger partial charge in [0.25, 0.3) is 6.43 Å². The molecule has 0 bridgehead atoms. The quantitative estimate of drug-likeness (QED) is 0.786. The monoisotopic (exact) mass is 225 g/mol. The van der Waals surface area contributed by atoms with Crippen molar-refractivity contribution in [1.82, 2.24) is 14.6 Å². The summed E-state index contributed by atoms with van der Waals surface area (Å²) in [4.78, 5) is 3.78. The van der Waals surface area contributed by atoms with Gasteiger partial charge in [-0.3, -0.25) is 0 Å². The molecule has 0 aliphatic carbocycles. The van der Waals surface area contributed by atoms with Crippen molar-refractivity contribution in [2.24, 2.45) is 0 Å². The minimum Gasteiger partial charge on any atom is -0.220 e. The second-order valence-corrected chi connectivity index (χ2v) is 4.14. The van der Waals surface area contributed by atoms with Crippen LogP contribution in [0, 0.1) is 6.92 Å². The summed E-state index contributed by atoms with van der Waals surface area (Å²) >= 11 is 0. The summed E-state index contributed by atoms with van der Waals surface area (Å²) in [6.07, 6.45) is -0.850. The van der Waals surface area contributed by atoms with E-state index in [1.807, 2.05) is 6.92 Å². The lowest BCUT2D eigenvalue weighted by molar-refractivity contribution is 0.140. The molecule has 0 aromatic carbocycles. The van der Waals surface area contributed by atoms with Gasteiger partial charge in [0.2, 0.25) is 5.82 Å². The predicted molar refractivity (Wildman–Crippen MR) is 56.8 cm³/mol. The number of nitrogens with zero attached hydrogens (tertiary/aromatic N) is 3. The Kier molecular flexibility index (Phi) is 2.61. The smallest absolute Gasteiger partial charge is 0.220 e. The van der Waals surface area contributed by atoms with E-state index in [1.54, 1.807) is 12.3 Å². The van der Waals surface area contributed by atoms with Gasteiger partial charge in [-0.25, -0.2) is 18.3 Å². The van der Waals surface area contributed by atoms with Crippen LogP contribution in [0.15, 0.2) is 12.3 Å². The fraction of sp³-hybridized carbons (Fsp3) is 0.455. The zero-order chi connectivity index (χ0) is 11.9. The van der Waals surface area contributed by atoms with Crippen molar-refractivity contribution in [3.63, 3.8) is 0 Å². The van der Waals surface area contributed by atoms with Crippen molar-refractivity contribution in [3.05, 3.63) is 29.2 Å². The number of fused-ring (bicyclic) bond motifs is 1. The Morgan fingerprint density at radius 3 is 2.56 bits per heavy atom. The molecule has 0 saturated carbocycles. The molecular weight excluding hydrogens is 212 g/mol. The Morgan fingerprint density at radius 1 is 1.31 bits per heavy atom. The molecule has 2 aromatic heterocycles. The average Bonchev–Trinajstić information content (AvgIpc) is 2.58. The maximum absolute atomic E-state index is 12.4. The van der Waals surface area contributed by atoms with Crippen LogP contribution in [0.2, 0.25) is 0 Å². The molecule has 2 heterocycles. The molecule has 0 fully saturated rings. The van der Waals surface area contributed by atoms with Crippen molar-refractivity contribution in [3.8, 4) is 0 Å². The van der Waals surface area contributed by atoms with Crippen LogP contribution < -0.4 is 0 Å². The first-order valence-electron chi connectivity index (χ1n) is 5.14. The van der Waals surface area contributed by atoms with E-state index in [4.69, 9.17) is 0 Å². The van der Waals surface area contributed by atoms with Crippen molar-refractivity contribution in [2.45, 2.75) is 33.1 Å². The molecule has 5 heteroatoms. The Hall–Kier alpha value is -1.52. The fourth-order valence-electron chi connectivity index (χ4n) is 1.75. The van der Waals surface area contributed by atoms with Crippen LogP contribution in [0.5, 0.6) is 0 Å². The van der Waals surface area contributed by atoms with Gasteiger partial charge in [0, 0.05) is 6.20 Å². The number of hydrogen-bond donors (Lipinski definition) is 0. The lowest BCUT2D eigenvalue weighted by Gasteiger charge is -2.08. The second-order valence-electron chi connectivity index (χ2n) is 4.14. The largest absolute Gasteiger partial charge is 0.299 e. The van der Waals surface area contributed by atoms with Gasteiger partial charge in [-0.05, 0) is 30.0 Å². The van der Waals surface area contributed by atoms with E-state index < -0.39 is 12.2 Å². The van der Waals surface area contributed by atoms with Crippen LogP contribution in [-0.2, 0) is 0 Å². The van der Waals surface area contributed by atoms with Gasteiger partial charge in [-0.15, -0.1) is 5.10 Å². The van der Waals surface area contributed by atoms with Gasteiger partial charge >= 0.3 is 0 Å². The van der Waals surface area contributed by atoms with Crippen LogP contribution in [0.25, 0.3) is 5.65 Å². The molecule has 0 aliphatic rings. The van der Waals surface area contributed by atoms with Gasteiger partial charge < -0.3 is 0 Å². The van der Waals surface area contributed by atoms with E-state index in [0.717, 1.165) is 11.1 Å². The first kappa shape index (κ1) is 11.0. The molecule has 0 atom stereocenters. The van der Waals surface area contributed by atoms with E-state index in [-0.39, 0.29) is 0 Å². The first-order valence-corrected chi connectivity index (χ1v) is 5.14. The van der Waals surface area contributed by atoms with Crippen LogP contribution in [0.3, 0.4) is 0 Å². The summed E-state index contributed by atoms with van der Waals surface area (Å²) in [7, 11) is 0. The molecule has 2 rings (SSSR count). The van der Waals surface area contributed by atoms with Crippen LogP contribution in [0.1, 0.15) is 43.1 Å². The Balaban J connectivity index is 2.61. The Morgan fingerprint density at radius 2 is 2.00 bits per heavy atom. The van der Waals surface area contributed by atoms with Gasteiger partial charge in [0.15, 0.2) is 5.65 Å². The lowest BCUT2D eigenvalue weighted by Crippen LogP contribution is -1.97. The van der Waals surface area contributed by atoms with Crippen molar-refractivity contribution in [1.29, 1.82) is 0 Å². The van der Waals surface area contributed by atoms with E-state index >= 15 is 0 Å². The summed E-state index contributed by atoms with van der Waals surface area (Å²) in [6, 6.07) is 1.79. The Bertz CT molecular complexity index is 517. The zero-order valence-electron chi connectivity index (χ0n) is 9.41. The minimum absolute atomic E-state index is 0.337. The van der Waals surface area contributed by atoms with Gasteiger partial charge in [-0.2, -0.15) is 0 Å². The number of alkyl halides is 2. The molecule has 0 saturated heterocycles. The molecule has 0 amide bonds. The molecule has 0 N–H and O–H groups in total. The molecule has 0 unspecified atom stereocenters. The third-order valence-electron chi connectivity index (χ3n) is 2.55. The zero-order valence-corrected chi connectivity index (χ0v) is 9.41. The molecule has 16 heavy (non-hydrogen) atoms. The minimum atomic E-state index is -2.62. The van der Waals surface area contributed by atoms with Gasteiger partial charge in [0.05, 0.1) is 0 Å². The highest BCUT2D eigenvalue weighted by Crippen LogP contribution is 2.21. The number of hydrogen-bond acceptors (Lipinski definition) is 2. The van der Waals surface area contributed by atoms with E-state index in [2.05, 4.69) is 23.9 Å². The first-order chi connectivity index (χ1) is 7.49. The fourth-order valence-corrected chi connectivity index (χ4v) is 1.75. The number of aromatic nitrogens is 3. The molecule has 0 aliphatic heterocycles. The molecule has 0 radical (unpaired) electrons. The standard InChI is InChI=1S/C11H13F2N3/c1-6(2)8-5-16-9(4-7(8)3)14-11(15-16)10(12)13/h4-6,10H,1-3H3. The third kappa shape index (κ3) is 1.77. The summed E-state index contributed by atoms with van der Waals surface area (Å²) in [6.45, 7) is 6.06. The number of rotatable bonds is 2. The van der Waals surface area contributed by atoms with Crippen LogP contribution in [-0.4, -0.2) is 14.6 Å². The lowest BCUT2D eigenvalue weighted by atomic mass is 10.0. The van der Waals surface area contributed by atoms with Crippen LogP contribution >= 0.6 is 0 Å². The van der Waals surface area contributed by atoms with Gasteiger partial charge in [0.1, 0.15) is 0 Å². The number of aryl methyl sites for hydroxylation is 1. The van der Waals surface area contributed by atoms with Crippen LogP contribution in [0.4, 0.5) is 8.78 Å². The SMILES string of the molecule is Cc1cc2nc(C(F)F)nn2cc1C(C)C. The summed E-state index contributed by atoms with van der Waals surface area (Å²) in [5.41, 5.74) is 2.62.